The zero-order valence-electron chi connectivity index (χ0n) is 12.5. The standard InChI is InChI=1S/C17H21FN2O2/c18-13-4-2-1-3-12(13)17(7-8-17)10-19-16(21)20-14-9-11-5-6-15(14)22-11/h1-4,11,14-15H,5-10H2,(H2,19,20,21)/t11-,14-,15-/m1/s1. The number of urea groups is 1. The van der Waals surface area contributed by atoms with E-state index in [0.717, 1.165) is 37.7 Å². The third-order valence-corrected chi connectivity index (χ3v) is 5.31. The Morgan fingerprint density at radius 1 is 1.32 bits per heavy atom. The topological polar surface area (TPSA) is 50.4 Å². The summed E-state index contributed by atoms with van der Waals surface area (Å²) in [6, 6.07) is 6.83. The van der Waals surface area contributed by atoms with Crippen LogP contribution in [0.25, 0.3) is 0 Å². The second-order valence-corrected chi connectivity index (χ2v) is 6.80. The molecular weight excluding hydrogens is 283 g/mol. The van der Waals surface area contributed by atoms with Crippen LogP contribution in [-0.2, 0) is 10.2 Å². The lowest BCUT2D eigenvalue weighted by Gasteiger charge is -2.22. The molecule has 4 rings (SSSR count). The number of carbonyl (C=O) groups excluding carboxylic acids is 1. The lowest BCUT2D eigenvalue weighted by molar-refractivity contribution is 0.0981. The normalized spacial score (nSPS) is 31.0. The number of halogens is 1. The molecule has 2 aliphatic heterocycles. The molecule has 4 nitrogen and oxygen atoms in total. The van der Waals surface area contributed by atoms with Crippen LogP contribution in [0.1, 0.15) is 37.7 Å². The van der Waals surface area contributed by atoms with Crippen LogP contribution in [0.3, 0.4) is 0 Å². The molecule has 2 heterocycles. The number of fused-ring (bicyclic) bond motifs is 2. The number of hydrogen-bond donors (Lipinski definition) is 2. The van der Waals surface area contributed by atoms with Crippen LogP contribution in [0.15, 0.2) is 24.3 Å². The molecule has 0 aromatic heterocycles. The van der Waals surface area contributed by atoms with E-state index in [-0.39, 0.29) is 29.4 Å². The molecule has 3 aliphatic rings. The van der Waals surface area contributed by atoms with Gasteiger partial charge in [-0.2, -0.15) is 0 Å². The van der Waals surface area contributed by atoms with Crippen molar-refractivity contribution < 1.29 is 13.9 Å². The highest BCUT2D eigenvalue weighted by Gasteiger charge is 2.46. The Kier molecular flexibility index (Phi) is 3.33. The minimum atomic E-state index is -0.214. The predicted octanol–water partition coefficient (Wildman–Crippen LogP) is 2.48. The number of carbonyl (C=O) groups is 1. The maximum Gasteiger partial charge on any atom is 0.315 e. The number of rotatable bonds is 4. The van der Waals surface area contributed by atoms with E-state index in [1.54, 1.807) is 6.07 Å². The summed E-state index contributed by atoms with van der Waals surface area (Å²) in [6.07, 6.45) is 5.41. The van der Waals surface area contributed by atoms with Gasteiger partial charge in [-0.1, -0.05) is 18.2 Å². The average molecular weight is 304 g/mol. The molecule has 2 N–H and O–H groups in total. The van der Waals surface area contributed by atoms with Gasteiger partial charge in [-0.3, -0.25) is 0 Å². The first-order valence-electron chi connectivity index (χ1n) is 8.11. The number of hydrogen-bond acceptors (Lipinski definition) is 2. The summed E-state index contributed by atoms with van der Waals surface area (Å²) in [5, 5.41) is 5.93. The van der Waals surface area contributed by atoms with E-state index in [4.69, 9.17) is 4.74 Å². The number of ether oxygens (including phenoxy) is 1. The van der Waals surface area contributed by atoms with Crippen LogP contribution in [0.4, 0.5) is 9.18 Å². The van der Waals surface area contributed by atoms with Gasteiger partial charge in [-0.25, -0.2) is 9.18 Å². The minimum Gasteiger partial charge on any atom is -0.373 e. The van der Waals surface area contributed by atoms with E-state index in [9.17, 15) is 9.18 Å². The van der Waals surface area contributed by atoms with Crippen LogP contribution in [0.2, 0.25) is 0 Å². The van der Waals surface area contributed by atoms with Gasteiger partial charge in [0.1, 0.15) is 5.82 Å². The van der Waals surface area contributed by atoms with Gasteiger partial charge in [-0.05, 0) is 43.7 Å². The van der Waals surface area contributed by atoms with Crippen molar-refractivity contribution in [1.82, 2.24) is 10.6 Å². The third-order valence-electron chi connectivity index (χ3n) is 5.31. The van der Waals surface area contributed by atoms with E-state index in [1.807, 2.05) is 12.1 Å². The fourth-order valence-corrected chi connectivity index (χ4v) is 3.84. The Hall–Kier alpha value is -1.62. The van der Waals surface area contributed by atoms with Gasteiger partial charge in [0, 0.05) is 12.0 Å². The summed E-state index contributed by atoms with van der Waals surface area (Å²) in [5.41, 5.74) is 0.506. The first-order chi connectivity index (χ1) is 10.7. The summed E-state index contributed by atoms with van der Waals surface area (Å²) >= 11 is 0. The van der Waals surface area contributed by atoms with Gasteiger partial charge in [0.25, 0.3) is 0 Å². The van der Waals surface area contributed by atoms with Crippen molar-refractivity contribution in [1.29, 1.82) is 0 Å². The van der Waals surface area contributed by atoms with Crippen molar-refractivity contribution >= 4 is 6.03 Å². The third kappa shape index (κ3) is 2.47. The molecule has 1 aliphatic carbocycles. The van der Waals surface area contributed by atoms with Crippen LogP contribution in [-0.4, -0.2) is 30.8 Å². The molecule has 2 bridgehead atoms. The van der Waals surface area contributed by atoms with E-state index in [2.05, 4.69) is 10.6 Å². The maximum atomic E-state index is 13.9. The SMILES string of the molecule is O=C(NCC1(c2ccccc2F)CC1)N[C@@H]1C[C@H]2CC[C@H]1O2. The van der Waals surface area contributed by atoms with E-state index < -0.39 is 0 Å². The van der Waals surface area contributed by atoms with E-state index in [0.29, 0.717) is 12.6 Å². The van der Waals surface area contributed by atoms with Crippen molar-refractivity contribution in [2.24, 2.45) is 0 Å². The number of benzene rings is 1. The molecular formula is C17H21FN2O2. The molecule has 1 aromatic carbocycles. The van der Waals surface area contributed by atoms with Gasteiger partial charge < -0.3 is 15.4 Å². The molecule has 3 fully saturated rings. The fourth-order valence-electron chi connectivity index (χ4n) is 3.84. The van der Waals surface area contributed by atoms with E-state index >= 15 is 0 Å². The Morgan fingerprint density at radius 2 is 2.14 bits per heavy atom. The average Bonchev–Trinajstić information content (AvgIpc) is 3.01. The summed E-state index contributed by atoms with van der Waals surface area (Å²) in [6.45, 7) is 0.488. The summed E-state index contributed by atoms with van der Waals surface area (Å²) in [7, 11) is 0. The first kappa shape index (κ1) is 14.0. The van der Waals surface area contributed by atoms with Crippen LogP contribution in [0.5, 0.6) is 0 Å². The highest BCUT2D eigenvalue weighted by Crippen LogP contribution is 2.48. The molecule has 0 unspecified atom stereocenters. The Balaban J connectivity index is 1.33. The summed E-state index contributed by atoms with van der Waals surface area (Å²) < 4.78 is 19.7. The summed E-state index contributed by atoms with van der Waals surface area (Å²) in [4.78, 5) is 12.1. The molecule has 1 saturated carbocycles. The number of nitrogens with one attached hydrogen (secondary N) is 2. The molecule has 22 heavy (non-hydrogen) atoms. The van der Waals surface area contributed by atoms with Crippen LogP contribution in [0, 0.1) is 5.82 Å². The first-order valence-corrected chi connectivity index (χ1v) is 8.11. The van der Waals surface area contributed by atoms with Crippen LogP contribution >= 0.6 is 0 Å². The van der Waals surface area contributed by atoms with Gasteiger partial charge in [0.05, 0.1) is 18.2 Å². The second kappa shape index (κ2) is 5.23. The molecule has 0 radical (unpaired) electrons. The monoisotopic (exact) mass is 304 g/mol. The molecule has 2 amide bonds. The molecule has 3 atom stereocenters. The van der Waals surface area contributed by atoms with Gasteiger partial charge in [-0.15, -0.1) is 0 Å². The predicted molar refractivity (Wildman–Crippen MR) is 80.1 cm³/mol. The van der Waals surface area contributed by atoms with E-state index in [1.165, 1.54) is 6.07 Å². The summed E-state index contributed by atoms with van der Waals surface area (Å²) in [5.74, 6) is -0.177. The fraction of sp³-hybridized carbons (Fsp3) is 0.588. The van der Waals surface area contributed by atoms with Crippen molar-refractivity contribution in [2.75, 3.05) is 6.54 Å². The molecule has 1 aromatic rings. The van der Waals surface area contributed by atoms with Crippen molar-refractivity contribution in [3.05, 3.63) is 35.6 Å². The van der Waals surface area contributed by atoms with Crippen molar-refractivity contribution in [3.63, 3.8) is 0 Å². The molecule has 2 saturated heterocycles. The second-order valence-electron chi connectivity index (χ2n) is 6.80. The van der Waals surface area contributed by atoms with Crippen LogP contribution < -0.4 is 10.6 Å². The Labute approximate surface area is 129 Å². The molecule has 118 valence electrons. The number of amides is 2. The zero-order valence-corrected chi connectivity index (χ0v) is 12.5. The van der Waals surface area contributed by atoms with Gasteiger partial charge in [0.15, 0.2) is 0 Å². The van der Waals surface area contributed by atoms with Gasteiger partial charge in [0.2, 0.25) is 0 Å². The zero-order chi connectivity index (χ0) is 15.2. The minimum absolute atomic E-state index is 0.127. The quantitative estimate of drug-likeness (QED) is 0.898. The molecule has 0 spiro atoms. The smallest absolute Gasteiger partial charge is 0.315 e. The lowest BCUT2D eigenvalue weighted by Crippen LogP contribution is -2.48. The van der Waals surface area contributed by atoms with Crippen molar-refractivity contribution in [2.45, 2.75) is 55.8 Å². The maximum absolute atomic E-state index is 13.9. The Morgan fingerprint density at radius 3 is 2.77 bits per heavy atom. The lowest BCUT2D eigenvalue weighted by atomic mass is 9.95. The highest BCUT2D eigenvalue weighted by molar-refractivity contribution is 5.74. The Bertz CT molecular complexity index is 588. The molecule has 5 heteroatoms. The largest absolute Gasteiger partial charge is 0.373 e. The van der Waals surface area contributed by atoms with Gasteiger partial charge >= 0.3 is 6.03 Å². The highest BCUT2D eigenvalue weighted by atomic mass is 19.1. The van der Waals surface area contributed by atoms with Crippen molar-refractivity contribution in [3.8, 4) is 0 Å².